The summed E-state index contributed by atoms with van der Waals surface area (Å²) in [7, 11) is 1.77. The molecule has 2 fully saturated rings. The molecule has 182 valence electrons. The highest BCUT2D eigenvalue weighted by molar-refractivity contribution is 6.09. The summed E-state index contributed by atoms with van der Waals surface area (Å²) in [5, 5.41) is 5.69. The van der Waals surface area contributed by atoms with Crippen LogP contribution in [0.1, 0.15) is 63.9 Å². The van der Waals surface area contributed by atoms with E-state index in [9.17, 15) is 18.8 Å². The molecule has 2 aromatic rings. The summed E-state index contributed by atoms with van der Waals surface area (Å²) < 4.78 is 15.6. The zero-order chi connectivity index (χ0) is 24.7. The zero-order valence-corrected chi connectivity index (χ0v) is 20.1. The van der Waals surface area contributed by atoms with Crippen LogP contribution in [0.2, 0.25) is 0 Å². The van der Waals surface area contributed by atoms with E-state index in [1.54, 1.807) is 36.1 Å². The van der Waals surface area contributed by atoms with Crippen molar-refractivity contribution in [3.63, 3.8) is 0 Å². The molecule has 2 aliphatic rings. The molecule has 2 N–H and O–H groups in total. The molecular weight excluding hydrogens is 437 g/mol. The maximum absolute atomic E-state index is 13.9. The first-order chi connectivity index (χ1) is 16.0. The molecule has 1 aromatic carbocycles. The number of halogens is 1. The molecule has 4 rings (SSSR count). The summed E-state index contributed by atoms with van der Waals surface area (Å²) in [6, 6.07) is 4.62. The van der Waals surface area contributed by atoms with Gasteiger partial charge in [0.05, 0.1) is 0 Å². The number of urea groups is 1. The summed E-state index contributed by atoms with van der Waals surface area (Å²) >= 11 is 0. The van der Waals surface area contributed by atoms with Gasteiger partial charge in [0.15, 0.2) is 0 Å². The lowest BCUT2D eigenvalue weighted by Crippen LogP contribution is -2.51. The Balaban J connectivity index is 1.48. The van der Waals surface area contributed by atoms with Gasteiger partial charge in [-0.05, 0) is 54.7 Å². The number of carbonyl (C=O) groups excluding carboxylic acids is 3. The van der Waals surface area contributed by atoms with E-state index in [0.29, 0.717) is 30.1 Å². The molecule has 1 saturated heterocycles. The predicted molar refractivity (Wildman–Crippen MR) is 124 cm³/mol. The second-order valence-corrected chi connectivity index (χ2v) is 10.5. The van der Waals surface area contributed by atoms with E-state index in [1.165, 1.54) is 12.1 Å². The molecule has 1 saturated carbocycles. The largest absolute Gasteiger partial charge is 0.341 e. The number of amides is 4. The van der Waals surface area contributed by atoms with Gasteiger partial charge in [-0.25, -0.2) is 14.2 Å². The third-order valence-corrected chi connectivity index (χ3v) is 7.22. The highest BCUT2D eigenvalue weighted by atomic mass is 19.1. The Morgan fingerprint density at radius 2 is 2.00 bits per heavy atom. The number of nitrogens with zero attached hydrogens (tertiary/aromatic N) is 3. The van der Waals surface area contributed by atoms with Gasteiger partial charge in [-0.2, -0.15) is 0 Å². The lowest BCUT2D eigenvalue weighted by atomic mass is 9.67. The van der Waals surface area contributed by atoms with Gasteiger partial charge < -0.3 is 15.2 Å². The minimum Gasteiger partial charge on any atom is -0.341 e. The van der Waals surface area contributed by atoms with Gasteiger partial charge in [0.2, 0.25) is 5.91 Å². The molecule has 1 aliphatic heterocycles. The maximum atomic E-state index is 13.9. The minimum absolute atomic E-state index is 0.143. The van der Waals surface area contributed by atoms with Crippen molar-refractivity contribution in [3.05, 3.63) is 53.9 Å². The van der Waals surface area contributed by atoms with Crippen LogP contribution >= 0.6 is 0 Å². The molecule has 1 aromatic heterocycles. The van der Waals surface area contributed by atoms with Gasteiger partial charge in [0.25, 0.3) is 5.91 Å². The van der Waals surface area contributed by atoms with Gasteiger partial charge in [-0.15, -0.1) is 0 Å². The van der Waals surface area contributed by atoms with E-state index in [1.807, 2.05) is 0 Å². The number of benzene rings is 1. The Kier molecular flexibility index (Phi) is 6.22. The van der Waals surface area contributed by atoms with Crippen LogP contribution in [0.15, 0.2) is 36.7 Å². The second kappa shape index (κ2) is 8.85. The summed E-state index contributed by atoms with van der Waals surface area (Å²) in [4.78, 5) is 44.3. The van der Waals surface area contributed by atoms with Gasteiger partial charge in [0, 0.05) is 19.4 Å². The maximum Gasteiger partial charge on any atom is 0.325 e. The van der Waals surface area contributed by atoms with Crippen molar-refractivity contribution in [2.75, 3.05) is 6.54 Å². The van der Waals surface area contributed by atoms with Crippen LogP contribution in [-0.2, 0) is 16.6 Å². The van der Waals surface area contributed by atoms with Crippen molar-refractivity contribution in [1.29, 1.82) is 0 Å². The van der Waals surface area contributed by atoms with Gasteiger partial charge in [-0.1, -0.05) is 32.9 Å². The monoisotopic (exact) mass is 469 g/mol. The molecule has 34 heavy (non-hydrogen) atoms. The van der Waals surface area contributed by atoms with Crippen molar-refractivity contribution in [1.82, 2.24) is 25.1 Å². The molecule has 4 amide bonds. The highest BCUT2D eigenvalue weighted by Crippen LogP contribution is 2.43. The molecule has 2 heterocycles. The Hall–Kier alpha value is -3.23. The fraction of sp³-hybridized carbons (Fsp3) is 0.520. The number of rotatable bonds is 5. The topological polar surface area (TPSA) is 96.3 Å². The smallest absolute Gasteiger partial charge is 0.325 e. The van der Waals surface area contributed by atoms with Crippen molar-refractivity contribution in [2.45, 2.75) is 58.0 Å². The average Bonchev–Trinajstić information content (AvgIpc) is 3.28. The molecule has 1 spiro atoms. The number of hydrogen-bond donors (Lipinski definition) is 2. The predicted octanol–water partition coefficient (Wildman–Crippen LogP) is 3.29. The Morgan fingerprint density at radius 1 is 1.29 bits per heavy atom. The van der Waals surface area contributed by atoms with Crippen LogP contribution in [0.25, 0.3) is 0 Å². The highest BCUT2D eigenvalue weighted by Gasteiger charge is 2.53. The second-order valence-electron chi connectivity index (χ2n) is 10.5. The van der Waals surface area contributed by atoms with Gasteiger partial charge >= 0.3 is 6.03 Å². The molecule has 0 radical (unpaired) electrons. The van der Waals surface area contributed by atoms with E-state index >= 15 is 0 Å². The van der Waals surface area contributed by atoms with Crippen LogP contribution < -0.4 is 10.6 Å². The minimum atomic E-state index is -0.930. The van der Waals surface area contributed by atoms with Crippen molar-refractivity contribution < 1.29 is 18.8 Å². The van der Waals surface area contributed by atoms with Gasteiger partial charge in [-0.3, -0.25) is 14.5 Å². The van der Waals surface area contributed by atoms with E-state index in [2.05, 4.69) is 36.4 Å². The number of aromatic nitrogens is 2. The van der Waals surface area contributed by atoms with E-state index < -0.39 is 35.9 Å². The third-order valence-electron chi connectivity index (χ3n) is 7.22. The van der Waals surface area contributed by atoms with Crippen molar-refractivity contribution >= 4 is 17.8 Å². The van der Waals surface area contributed by atoms with Crippen molar-refractivity contribution in [2.24, 2.45) is 18.4 Å². The first-order valence-corrected chi connectivity index (χ1v) is 11.7. The molecule has 1 aliphatic carbocycles. The van der Waals surface area contributed by atoms with E-state index in [4.69, 9.17) is 0 Å². The molecule has 1 atom stereocenters. The fourth-order valence-corrected chi connectivity index (χ4v) is 5.12. The van der Waals surface area contributed by atoms with Crippen molar-refractivity contribution in [3.8, 4) is 0 Å². The van der Waals surface area contributed by atoms with Crippen LogP contribution in [0.5, 0.6) is 0 Å². The van der Waals surface area contributed by atoms with Crippen LogP contribution in [0, 0.1) is 17.2 Å². The normalized spacial score (nSPS) is 23.8. The van der Waals surface area contributed by atoms with E-state index in [-0.39, 0.29) is 11.3 Å². The summed E-state index contributed by atoms with van der Waals surface area (Å²) in [5.74, 6) is -0.327. The number of nitrogens with one attached hydrogen (secondary N) is 2. The Morgan fingerprint density at radius 3 is 2.59 bits per heavy atom. The van der Waals surface area contributed by atoms with Crippen LogP contribution in [-0.4, -0.2) is 44.4 Å². The number of hydrogen-bond acceptors (Lipinski definition) is 4. The summed E-state index contributed by atoms with van der Waals surface area (Å²) in [6.07, 6.45) is 6.13. The van der Waals surface area contributed by atoms with Gasteiger partial charge in [0.1, 0.15) is 29.8 Å². The number of aryl methyl sites for hydroxylation is 1. The molecule has 0 bridgehead atoms. The summed E-state index contributed by atoms with van der Waals surface area (Å²) in [6.45, 7) is 6.17. The SMILES string of the molecule is Cn1ccnc1C(NC(=O)CN1C(=O)NC2(CCC(C(C)(C)C)CC2)C1=O)c1cccc(F)c1. The quantitative estimate of drug-likeness (QED) is 0.657. The van der Waals surface area contributed by atoms with Crippen LogP contribution in [0.3, 0.4) is 0 Å². The fourth-order valence-electron chi connectivity index (χ4n) is 5.12. The molecular formula is C25H32FN5O3. The third kappa shape index (κ3) is 4.56. The zero-order valence-electron chi connectivity index (χ0n) is 20.1. The summed E-state index contributed by atoms with van der Waals surface area (Å²) in [5.41, 5.74) is -0.276. The molecule has 8 nitrogen and oxygen atoms in total. The number of carbonyl (C=O) groups is 3. The first-order valence-electron chi connectivity index (χ1n) is 11.7. The molecule has 1 unspecified atom stereocenters. The lowest BCUT2D eigenvalue weighted by molar-refractivity contribution is -0.136. The first kappa shape index (κ1) is 23.9. The van der Waals surface area contributed by atoms with E-state index in [0.717, 1.165) is 17.7 Å². The Bertz CT molecular complexity index is 1100. The number of imidazole rings is 1. The Labute approximate surface area is 198 Å². The molecule has 9 heteroatoms. The lowest BCUT2D eigenvalue weighted by Gasteiger charge is -2.40. The average molecular weight is 470 g/mol. The number of imide groups is 1. The van der Waals surface area contributed by atoms with Crippen LogP contribution in [0.4, 0.5) is 9.18 Å². The standard InChI is InChI=1S/C25H32FN5O3/c1-24(2,3)17-8-10-25(11-9-17)22(33)31(23(34)29-25)15-19(32)28-20(21-27-12-13-30(21)4)16-6-5-7-18(26)14-16/h5-7,12-14,17,20H,8-11,15H2,1-4H3,(H,28,32)(H,29,34).